The van der Waals surface area contributed by atoms with Gasteiger partial charge < -0.3 is 5.32 Å². The molecule has 0 aliphatic carbocycles. The highest BCUT2D eigenvalue weighted by Crippen LogP contribution is 2.20. The molecular formula is C12H24N2S. The molecule has 0 rings (SSSR count). The van der Waals surface area contributed by atoms with E-state index in [0.29, 0.717) is 6.42 Å². The van der Waals surface area contributed by atoms with E-state index in [1.807, 2.05) is 11.8 Å². The van der Waals surface area contributed by atoms with Crippen LogP contribution in [0.2, 0.25) is 0 Å². The Kier molecular flexibility index (Phi) is 8.94. The summed E-state index contributed by atoms with van der Waals surface area (Å²) < 4.78 is 0. The predicted octanol–water partition coefficient (Wildman–Crippen LogP) is 3.05. The smallest absolute Gasteiger partial charge is 0.0621 e. The van der Waals surface area contributed by atoms with Crippen LogP contribution in [0.5, 0.6) is 0 Å². The quantitative estimate of drug-likeness (QED) is 0.616. The van der Waals surface area contributed by atoms with Crippen molar-refractivity contribution >= 4 is 11.8 Å². The van der Waals surface area contributed by atoms with Crippen LogP contribution < -0.4 is 5.32 Å². The highest BCUT2D eigenvalue weighted by Gasteiger charge is 2.16. The fourth-order valence-corrected chi connectivity index (χ4v) is 1.90. The molecular weight excluding hydrogens is 204 g/mol. The van der Waals surface area contributed by atoms with Gasteiger partial charge in [0.25, 0.3) is 0 Å². The summed E-state index contributed by atoms with van der Waals surface area (Å²) in [5.41, 5.74) is 0.259. The van der Waals surface area contributed by atoms with E-state index in [1.165, 1.54) is 18.6 Å². The molecule has 0 aromatic rings. The molecule has 0 unspecified atom stereocenters. The van der Waals surface area contributed by atoms with Crippen LogP contribution in [-0.4, -0.2) is 25.1 Å². The number of hydrogen-bond acceptors (Lipinski definition) is 3. The van der Waals surface area contributed by atoms with Crippen molar-refractivity contribution in [2.75, 3.05) is 25.1 Å². The summed E-state index contributed by atoms with van der Waals surface area (Å²) in [6.45, 7) is 6.57. The summed E-state index contributed by atoms with van der Waals surface area (Å²) >= 11 is 1.91. The summed E-state index contributed by atoms with van der Waals surface area (Å²) in [6, 6.07) is 2.21. The van der Waals surface area contributed by atoms with Crippen molar-refractivity contribution in [3.8, 4) is 6.07 Å². The molecule has 88 valence electrons. The lowest BCUT2D eigenvalue weighted by atomic mass is 9.88. The topological polar surface area (TPSA) is 35.8 Å². The Labute approximate surface area is 98.8 Å². The minimum Gasteiger partial charge on any atom is -0.316 e. The fourth-order valence-electron chi connectivity index (χ4n) is 1.41. The molecule has 0 heterocycles. The van der Waals surface area contributed by atoms with Crippen LogP contribution in [-0.2, 0) is 0 Å². The Hall–Kier alpha value is -0.200. The molecule has 0 saturated heterocycles. The molecule has 0 spiro atoms. The van der Waals surface area contributed by atoms with Gasteiger partial charge in [-0.1, -0.05) is 13.8 Å². The van der Waals surface area contributed by atoms with Gasteiger partial charge in [-0.05, 0) is 43.2 Å². The molecule has 3 heteroatoms. The minimum absolute atomic E-state index is 0.259. The monoisotopic (exact) mass is 228 g/mol. The van der Waals surface area contributed by atoms with E-state index in [-0.39, 0.29) is 5.41 Å². The van der Waals surface area contributed by atoms with Gasteiger partial charge in [0.15, 0.2) is 0 Å². The number of unbranched alkanes of at least 4 members (excludes halogenated alkanes) is 1. The lowest BCUT2D eigenvalue weighted by Gasteiger charge is -2.23. The SMILES string of the molecule is CSCCCCNCC(C)(C)CCC#N. The second-order valence-electron chi connectivity index (χ2n) is 4.70. The van der Waals surface area contributed by atoms with Crippen LogP contribution in [0.15, 0.2) is 0 Å². The van der Waals surface area contributed by atoms with Crippen LogP contribution in [0.25, 0.3) is 0 Å². The van der Waals surface area contributed by atoms with Crippen LogP contribution >= 0.6 is 11.8 Å². The lowest BCUT2D eigenvalue weighted by Crippen LogP contribution is -2.30. The Bertz CT molecular complexity index is 185. The number of thioether (sulfide) groups is 1. The molecule has 0 bridgehead atoms. The third-order valence-corrected chi connectivity index (χ3v) is 3.17. The number of rotatable bonds is 9. The van der Waals surface area contributed by atoms with E-state index < -0.39 is 0 Å². The first-order valence-corrected chi connectivity index (χ1v) is 7.08. The van der Waals surface area contributed by atoms with Gasteiger partial charge in [0.05, 0.1) is 6.07 Å². The third kappa shape index (κ3) is 10.1. The first-order valence-electron chi connectivity index (χ1n) is 5.69. The Morgan fingerprint density at radius 1 is 1.33 bits per heavy atom. The second kappa shape index (κ2) is 9.06. The van der Waals surface area contributed by atoms with E-state index in [9.17, 15) is 0 Å². The van der Waals surface area contributed by atoms with Gasteiger partial charge in [-0.25, -0.2) is 0 Å². The normalized spacial score (nSPS) is 11.3. The van der Waals surface area contributed by atoms with Gasteiger partial charge in [-0.15, -0.1) is 0 Å². The van der Waals surface area contributed by atoms with Gasteiger partial charge >= 0.3 is 0 Å². The first kappa shape index (κ1) is 14.8. The summed E-state index contributed by atoms with van der Waals surface area (Å²) in [6.07, 6.45) is 6.36. The van der Waals surface area contributed by atoms with E-state index in [4.69, 9.17) is 5.26 Å². The van der Waals surface area contributed by atoms with Crippen molar-refractivity contribution in [2.24, 2.45) is 5.41 Å². The predicted molar refractivity (Wildman–Crippen MR) is 69.1 cm³/mol. The number of hydrogen-bond donors (Lipinski definition) is 1. The van der Waals surface area contributed by atoms with Crippen molar-refractivity contribution in [1.29, 1.82) is 5.26 Å². The zero-order valence-electron chi connectivity index (χ0n) is 10.3. The zero-order chi connectivity index (χ0) is 11.6. The van der Waals surface area contributed by atoms with Gasteiger partial charge in [0.1, 0.15) is 0 Å². The largest absolute Gasteiger partial charge is 0.316 e. The molecule has 0 aromatic heterocycles. The Balaban J connectivity index is 3.36. The van der Waals surface area contributed by atoms with Gasteiger partial charge in [-0.3, -0.25) is 0 Å². The van der Waals surface area contributed by atoms with E-state index in [2.05, 4.69) is 31.5 Å². The maximum atomic E-state index is 8.53. The molecule has 0 saturated carbocycles. The maximum absolute atomic E-state index is 8.53. The van der Waals surface area contributed by atoms with Crippen LogP contribution in [0.1, 0.15) is 39.5 Å². The van der Waals surface area contributed by atoms with Crippen molar-refractivity contribution in [3.63, 3.8) is 0 Å². The Morgan fingerprint density at radius 2 is 2.07 bits per heavy atom. The number of nitrogens with one attached hydrogen (secondary N) is 1. The summed E-state index contributed by atoms with van der Waals surface area (Å²) in [4.78, 5) is 0. The van der Waals surface area contributed by atoms with Gasteiger partial charge in [0, 0.05) is 13.0 Å². The maximum Gasteiger partial charge on any atom is 0.0621 e. The average molecular weight is 228 g/mol. The van der Waals surface area contributed by atoms with Crippen LogP contribution in [0.3, 0.4) is 0 Å². The van der Waals surface area contributed by atoms with Crippen LogP contribution in [0.4, 0.5) is 0 Å². The van der Waals surface area contributed by atoms with Crippen molar-refractivity contribution in [2.45, 2.75) is 39.5 Å². The van der Waals surface area contributed by atoms with Crippen molar-refractivity contribution in [1.82, 2.24) is 5.32 Å². The molecule has 0 aromatic carbocycles. The van der Waals surface area contributed by atoms with Crippen molar-refractivity contribution < 1.29 is 0 Å². The summed E-state index contributed by atoms with van der Waals surface area (Å²) in [5.74, 6) is 1.26. The second-order valence-corrected chi connectivity index (χ2v) is 5.68. The highest BCUT2D eigenvalue weighted by molar-refractivity contribution is 7.98. The fraction of sp³-hybridized carbons (Fsp3) is 0.917. The summed E-state index contributed by atoms with van der Waals surface area (Å²) in [7, 11) is 0. The van der Waals surface area contributed by atoms with Gasteiger partial charge in [-0.2, -0.15) is 17.0 Å². The molecule has 0 radical (unpaired) electrons. The van der Waals surface area contributed by atoms with E-state index in [0.717, 1.165) is 19.5 Å². The van der Waals surface area contributed by atoms with Crippen molar-refractivity contribution in [3.05, 3.63) is 0 Å². The summed E-state index contributed by atoms with van der Waals surface area (Å²) in [5, 5.41) is 12.0. The molecule has 0 amide bonds. The number of nitrogens with zero attached hydrogens (tertiary/aromatic N) is 1. The standard InChI is InChI=1S/C12H24N2S/c1-12(2,7-6-8-13)11-14-9-4-5-10-15-3/h14H,4-7,9-11H2,1-3H3. The average Bonchev–Trinajstić information content (AvgIpc) is 2.20. The lowest BCUT2D eigenvalue weighted by molar-refractivity contribution is 0.318. The molecule has 0 aliphatic rings. The third-order valence-electron chi connectivity index (χ3n) is 2.47. The molecule has 0 atom stereocenters. The molecule has 0 aliphatic heterocycles. The number of nitriles is 1. The van der Waals surface area contributed by atoms with E-state index in [1.54, 1.807) is 0 Å². The zero-order valence-corrected chi connectivity index (χ0v) is 11.1. The Morgan fingerprint density at radius 3 is 2.67 bits per heavy atom. The van der Waals surface area contributed by atoms with Gasteiger partial charge in [0.2, 0.25) is 0 Å². The molecule has 1 N–H and O–H groups in total. The molecule has 0 fully saturated rings. The van der Waals surface area contributed by atoms with Crippen LogP contribution in [0, 0.1) is 16.7 Å². The first-order chi connectivity index (χ1) is 7.12. The van der Waals surface area contributed by atoms with E-state index >= 15 is 0 Å². The molecule has 15 heavy (non-hydrogen) atoms. The molecule has 2 nitrogen and oxygen atoms in total. The highest BCUT2D eigenvalue weighted by atomic mass is 32.2. The minimum atomic E-state index is 0.259.